The summed E-state index contributed by atoms with van der Waals surface area (Å²) in [5.74, 6) is 0. The van der Waals surface area contributed by atoms with Crippen molar-refractivity contribution in [3.05, 3.63) is 36.2 Å². The van der Waals surface area contributed by atoms with Gasteiger partial charge < -0.3 is 5.73 Å². The molecule has 1 aliphatic carbocycles. The second-order valence-electron chi connectivity index (χ2n) is 5.15. The molecule has 0 atom stereocenters. The van der Waals surface area contributed by atoms with Crippen molar-refractivity contribution in [1.29, 1.82) is 0 Å². The summed E-state index contributed by atoms with van der Waals surface area (Å²) in [5, 5.41) is 3.37. The van der Waals surface area contributed by atoms with Crippen LogP contribution >= 0.6 is 0 Å². The van der Waals surface area contributed by atoms with Crippen LogP contribution < -0.4 is 5.73 Å². The number of hydrogen-bond donors (Lipinski definition) is 1. The van der Waals surface area contributed by atoms with Gasteiger partial charge in [-0.05, 0) is 30.5 Å². The first-order valence-corrected chi connectivity index (χ1v) is 7.96. The van der Waals surface area contributed by atoms with Crippen LogP contribution in [-0.4, -0.2) is 22.9 Å². The van der Waals surface area contributed by atoms with Crippen LogP contribution in [0.15, 0.2) is 30.6 Å². The summed E-state index contributed by atoms with van der Waals surface area (Å²) in [6, 6.07) is 3.27. The van der Waals surface area contributed by atoms with E-state index in [1.807, 2.05) is 0 Å². The quantitative estimate of drug-likeness (QED) is 0.877. The normalized spacial score (nSPS) is 16.0. The van der Waals surface area contributed by atoms with Crippen LogP contribution in [-0.2, 0) is 16.2 Å². The molecule has 3 rings (SSSR count). The smallest absolute Gasteiger partial charge is 0.398 e. The van der Waals surface area contributed by atoms with E-state index in [0.717, 1.165) is 16.2 Å². The number of hydrogen-bond acceptors (Lipinski definition) is 4. The van der Waals surface area contributed by atoms with Crippen molar-refractivity contribution < 1.29 is 21.6 Å². The summed E-state index contributed by atoms with van der Waals surface area (Å²) in [7, 11) is -3.50. The van der Waals surface area contributed by atoms with Gasteiger partial charge in [-0.15, -0.1) is 0 Å². The molecule has 5 nitrogen and oxygen atoms in total. The molecule has 1 aromatic carbocycles. The number of alkyl halides is 3. The lowest BCUT2D eigenvalue weighted by atomic mass is 10.1. The minimum absolute atomic E-state index is 0.378. The Morgan fingerprint density at radius 2 is 1.91 bits per heavy atom. The maximum atomic E-state index is 12.7. The number of rotatable bonds is 3. The Kier molecular flexibility index (Phi) is 3.20. The van der Waals surface area contributed by atoms with Crippen molar-refractivity contribution in [2.75, 3.05) is 5.73 Å². The summed E-state index contributed by atoms with van der Waals surface area (Å²) in [6.45, 7) is 0. The van der Waals surface area contributed by atoms with Crippen molar-refractivity contribution in [2.24, 2.45) is 0 Å². The lowest BCUT2D eigenvalue weighted by Crippen LogP contribution is -2.17. The van der Waals surface area contributed by atoms with E-state index in [1.54, 1.807) is 0 Å². The number of benzene rings is 1. The molecule has 2 aromatic rings. The lowest BCUT2D eigenvalue weighted by molar-refractivity contribution is -0.136. The molecular formula is C13H12F3N3O2S. The van der Waals surface area contributed by atoms with Gasteiger partial charge in [-0.25, -0.2) is 8.42 Å². The molecule has 0 radical (unpaired) electrons. The maximum Gasteiger partial charge on any atom is 0.418 e. The summed E-state index contributed by atoms with van der Waals surface area (Å²) >= 11 is 0. The van der Waals surface area contributed by atoms with Crippen LogP contribution in [0.3, 0.4) is 0 Å². The average molecular weight is 331 g/mol. The standard InChI is InChI=1S/C13H12F3N3O2S/c14-13(15,16)11-4-1-8(5-12(11)17)9-6-18-19(7-9)22(20,21)10-2-3-10/h1,4-7,10H,2-3,17H2. The summed E-state index contributed by atoms with van der Waals surface area (Å²) in [5.41, 5.74) is 4.86. The number of nitrogens with two attached hydrogens (primary N) is 1. The van der Waals surface area contributed by atoms with E-state index >= 15 is 0 Å². The molecule has 118 valence electrons. The molecule has 1 aromatic heterocycles. The second-order valence-corrected chi connectivity index (χ2v) is 7.22. The Hall–Kier alpha value is -2.03. The van der Waals surface area contributed by atoms with E-state index in [-0.39, 0.29) is 0 Å². The van der Waals surface area contributed by atoms with Gasteiger partial charge in [0.15, 0.2) is 0 Å². The minimum Gasteiger partial charge on any atom is -0.398 e. The molecule has 22 heavy (non-hydrogen) atoms. The van der Waals surface area contributed by atoms with Gasteiger partial charge in [0, 0.05) is 11.3 Å². The average Bonchev–Trinajstić information content (AvgIpc) is 3.15. The first-order chi connectivity index (χ1) is 10.2. The van der Waals surface area contributed by atoms with Crippen LogP contribution in [0.5, 0.6) is 0 Å². The molecule has 0 bridgehead atoms. The van der Waals surface area contributed by atoms with Gasteiger partial charge in [0.1, 0.15) is 0 Å². The van der Waals surface area contributed by atoms with Crippen LogP contribution in [0.2, 0.25) is 0 Å². The van der Waals surface area contributed by atoms with Crippen molar-refractivity contribution in [3.63, 3.8) is 0 Å². The predicted octanol–water partition coefficient (Wildman–Crippen LogP) is 2.49. The monoisotopic (exact) mass is 331 g/mol. The highest BCUT2D eigenvalue weighted by atomic mass is 32.2. The van der Waals surface area contributed by atoms with Gasteiger partial charge in [0.05, 0.1) is 23.2 Å². The third-order valence-electron chi connectivity index (χ3n) is 3.46. The van der Waals surface area contributed by atoms with Gasteiger partial charge >= 0.3 is 6.18 Å². The Morgan fingerprint density at radius 3 is 2.45 bits per heavy atom. The zero-order valence-corrected chi connectivity index (χ0v) is 12.0. The largest absolute Gasteiger partial charge is 0.418 e. The predicted molar refractivity (Wildman–Crippen MR) is 74.4 cm³/mol. The Morgan fingerprint density at radius 1 is 1.23 bits per heavy atom. The van der Waals surface area contributed by atoms with E-state index in [2.05, 4.69) is 5.10 Å². The molecule has 0 saturated heterocycles. The Balaban J connectivity index is 1.96. The van der Waals surface area contributed by atoms with Crippen molar-refractivity contribution in [1.82, 2.24) is 9.19 Å². The van der Waals surface area contributed by atoms with Gasteiger partial charge in [-0.3, -0.25) is 0 Å². The zero-order valence-electron chi connectivity index (χ0n) is 11.2. The molecule has 0 aliphatic heterocycles. The van der Waals surface area contributed by atoms with Gasteiger partial charge in [0.25, 0.3) is 10.0 Å². The topological polar surface area (TPSA) is 78.0 Å². The molecule has 9 heteroatoms. The van der Waals surface area contributed by atoms with E-state index in [9.17, 15) is 21.6 Å². The van der Waals surface area contributed by atoms with E-state index < -0.39 is 32.7 Å². The van der Waals surface area contributed by atoms with E-state index in [0.29, 0.717) is 24.0 Å². The van der Waals surface area contributed by atoms with E-state index in [4.69, 9.17) is 5.73 Å². The summed E-state index contributed by atoms with van der Waals surface area (Å²) in [4.78, 5) is 0. The molecule has 1 aliphatic rings. The number of halogens is 3. The molecule has 0 unspecified atom stereocenters. The van der Waals surface area contributed by atoms with Crippen LogP contribution in [0.25, 0.3) is 11.1 Å². The first-order valence-electron chi connectivity index (χ1n) is 6.46. The molecule has 2 N–H and O–H groups in total. The van der Waals surface area contributed by atoms with Crippen molar-refractivity contribution >= 4 is 15.7 Å². The van der Waals surface area contributed by atoms with Crippen LogP contribution in [0.1, 0.15) is 18.4 Å². The van der Waals surface area contributed by atoms with Crippen molar-refractivity contribution in [2.45, 2.75) is 24.3 Å². The second kappa shape index (κ2) is 4.73. The van der Waals surface area contributed by atoms with E-state index in [1.165, 1.54) is 18.5 Å². The van der Waals surface area contributed by atoms with Gasteiger partial charge in [-0.1, -0.05) is 6.07 Å². The van der Waals surface area contributed by atoms with Crippen molar-refractivity contribution in [3.8, 4) is 11.1 Å². The molecule has 1 heterocycles. The number of nitrogen functional groups attached to an aromatic ring is 1. The third-order valence-corrected chi connectivity index (χ3v) is 5.49. The van der Waals surface area contributed by atoms with Crippen LogP contribution in [0.4, 0.5) is 18.9 Å². The first kappa shape index (κ1) is 14.9. The fourth-order valence-electron chi connectivity index (χ4n) is 2.11. The number of nitrogens with zero attached hydrogens (tertiary/aromatic N) is 2. The minimum atomic E-state index is -4.53. The lowest BCUT2D eigenvalue weighted by Gasteiger charge is -2.10. The SMILES string of the molecule is Nc1cc(-c2cnn(S(=O)(=O)C3CC3)c2)ccc1C(F)(F)F. The maximum absolute atomic E-state index is 12.7. The zero-order chi connectivity index (χ0) is 16.1. The fourth-order valence-corrected chi connectivity index (χ4v) is 3.59. The number of anilines is 1. The highest BCUT2D eigenvalue weighted by molar-refractivity contribution is 7.90. The number of aromatic nitrogens is 2. The molecule has 0 amide bonds. The fraction of sp³-hybridized carbons (Fsp3) is 0.308. The summed E-state index contributed by atoms with van der Waals surface area (Å²) < 4.78 is 62.9. The molecule has 1 saturated carbocycles. The third kappa shape index (κ3) is 2.56. The van der Waals surface area contributed by atoms with Gasteiger partial charge in [-0.2, -0.15) is 22.4 Å². The molecular weight excluding hydrogens is 319 g/mol. The van der Waals surface area contributed by atoms with Crippen LogP contribution in [0, 0.1) is 0 Å². The Bertz CT molecular complexity index is 823. The van der Waals surface area contributed by atoms with Gasteiger partial charge in [0.2, 0.25) is 0 Å². The molecule has 1 fully saturated rings. The highest BCUT2D eigenvalue weighted by Gasteiger charge is 2.37. The summed E-state index contributed by atoms with van der Waals surface area (Å²) in [6.07, 6.45) is -0.741. The Labute approximate surface area is 124 Å². The highest BCUT2D eigenvalue weighted by Crippen LogP contribution is 2.36. The molecule has 0 spiro atoms.